The van der Waals surface area contributed by atoms with Crippen molar-refractivity contribution in [2.45, 2.75) is 12.8 Å². The molecule has 2 aromatic rings. The van der Waals surface area contributed by atoms with Crippen molar-refractivity contribution in [1.82, 2.24) is 10.3 Å². The number of benzene rings is 2. The molecule has 1 fully saturated rings. The van der Waals surface area contributed by atoms with E-state index in [1.54, 1.807) is 42.5 Å². The molecule has 26 heavy (non-hydrogen) atoms. The fourth-order valence-electron chi connectivity index (χ4n) is 2.53. The van der Waals surface area contributed by atoms with E-state index in [9.17, 15) is 4.79 Å². The number of carbonyl (C=O) groups is 1. The van der Waals surface area contributed by atoms with Gasteiger partial charge in [-0.2, -0.15) is 0 Å². The van der Waals surface area contributed by atoms with Gasteiger partial charge in [0.05, 0.1) is 5.02 Å². The summed E-state index contributed by atoms with van der Waals surface area (Å²) in [5.74, 6) is 0.725. The minimum absolute atomic E-state index is 0.0861. The molecule has 8 heteroatoms. The fraction of sp³-hybridized carbons (Fsp3) is 0.222. The van der Waals surface area contributed by atoms with Gasteiger partial charge in [-0.25, -0.2) is 0 Å². The zero-order chi connectivity index (χ0) is 18.5. The molecule has 0 spiro atoms. The van der Waals surface area contributed by atoms with Gasteiger partial charge in [0.25, 0.3) is 5.91 Å². The number of ether oxygens (including phenoxy) is 1. The maximum absolute atomic E-state index is 12.2. The van der Waals surface area contributed by atoms with E-state index in [2.05, 4.69) is 10.4 Å². The summed E-state index contributed by atoms with van der Waals surface area (Å²) >= 11 is 12.1. The van der Waals surface area contributed by atoms with E-state index in [1.165, 1.54) is 0 Å². The standard InChI is InChI=1S/C18H18Cl2N4O2/c19-14-4-3-5-15(16(14)20)26-13-8-6-12(7-9-13)17(25)22-18(21)23-24-10-1-2-11-24/h3-9H,1-2,10-11H2,(H3,21,22,23,25). The molecule has 3 N–H and O–H groups in total. The van der Waals surface area contributed by atoms with Gasteiger partial charge < -0.3 is 10.5 Å². The normalized spacial score (nSPS) is 14.4. The van der Waals surface area contributed by atoms with Crippen molar-refractivity contribution < 1.29 is 9.53 Å². The average molecular weight is 393 g/mol. The zero-order valence-corrected chi connectivity index (χ0v) is 15.4. The van der Waals surface area contributed by atoms with Crippen LogP contribution in [0.1, 0.15) is 23.2 Å². The van der Waals surface area contributed by atoms with Crippen LogP contribution in [0.4, 0.5) is 0 Å². The van der Waals surface area contributed by atoms with Crippen molar-refractivity contribution in [3.63, 3.8) is 0 Å². The first-order chi connectivity index (χ1) is 12.5. The van der Waals surface area contributed by atoms with Crippen LogP contribution in [0.2, 0.25) is 10.0 Å². The van der Waals surface area contributed by atoms with Crippen LogP contribution >= 0.6 is 23.2 Å². The summed E-state index contributed by atoms with van der Waals surface area (Å²) in [7, 11) is 0. The van der Waals surface area contributed by atoms with Crippen LogP contribution in [0.25, 0.3) is 0 Å². The molecule has 0 unspecified atom stereocenters. The molecule has 0 radical (unpaired) electrons. The first-order valence-electron chi connectivity index (χ1n) is 8.15. The first-order valence-corrected chi connectivity index (χ1v) is 8.91. The third kappa shape index (κ3) is 4.59. The second-order valence-electron chi connectivity index (χ2n) is 5.78. The molecule has 1 amide bonds. The van der Waals surface area contributed by atoms with Crippen LogP contribution in [-0.2, 0) is 0 Å². The highest BCUT2D eigenvalue weighted by Crippen LogP contribution is 2.34. The van der Waals surface area contributed by atoms with Crippen LogP contribution in [-0.4, -0.2) is 30.0 Å². The van der Waals surface area contributed by atoms with Crippen molar-refractivity contribution in [1.29, 1.82) is 0 Å². The van der Waals surface area contributed by atoms with Crippen LogP contribution < -0.4 is 15.8 Å². The Hall–Kier alpha value is -2.44. The minimum atomic E-state index is -0.335. The predicted octanol–water partition coefficient (Wildman–Crippen LogP) is 3.84. The smallest absolute Gasteiger partial charge is 0.257 e. The molecule has 3 rings (SSSR count). The summed E-state index contributed by atoms with van der Waals surface area (Å²) in [5.41, 5.74) is 6.22. The summed E-state index contributed by atoms with van der Waals surface area (Å²) in [6.07, 6.45) is 2.17. The molecule has 0 bridgehead atoms. The second-order valence-corrected chi connectivity index (χ2v) is 6.56. The van der Waals surface area contributed by atoms with E-state index < -0.39 is 0 Å². The van der Waals surface area contributed by atoms with Crippen molar-refractivity contribution in [3.8, 4) is 11.5 Å². The molecular weight excluding hydrogens is 375 g/mol. The number of hydrogen-bond donors (Lipinski definition) is 2. The highest BCUT2D eigenvalue weighted by Gasteiger charge is 2.12. The number of carbonyl (C=O) groups excluding carboxylic acids is 1. The number of nitrogens with zero attached hydrogens (tertiary/aromatic N) is 2. The lowest BCUT2D eigenvalue weighted by molar-refractivity contribution is 0.0976. The summed E-state index contributed by atoms with van der Waals surface area (Å²) in [5, 5.41) is 9.35. The van der Waals surface area contributed by atoms with E-state index in [4.69, 9.17) is 33.7 Å². The van der Waals surface area contributed by atoms with Gasteiger partial charge in [-0.1, -0.05) is 29.3 Å². The number of guanidine groups is 1. The Labute approximate surface area is 161 Å². The number of halogens is 2. The monoisotopic (exact) mass is 392 g/mol. The molecule has 1 aliphatic rings. The third-order valence-electron chi connectivity index (χ3n) is 3.83. The fourth-order valence-corrected chi connectivity index (χ4v) is 2.86. The Morgan fingerprint density at radius 3 is 2.50 bits per heavy atom. The summed E-state index contributed by atoms with van der Waals surface area (Å²) in [6, 6.07) is 11.7. The third-order valence-corrected chi connectivity index (χ3v) is 4.64. The molecule has 2 aromatic carbocycles. The molecule has 0 aromatic heterocycles. The van der Waals surface area contributed by atoms with Gasteiger partial charge in [0, 0.05) is 18.7 Å². The molecule has 6 nitrogen and oxygen atoms in total. The molecule has 0 saturated carbocycles. The Kier molecular flexibility index (Phi) is 5.85. The molecule has 136 valence electrons. The number of hydrogen-bond acceptors (Lipinski definition) is 4. The number of hydrazone groups is 1. The van der Waals surface area contributed by atoms with E-state index in [1.807, 2.05) is 5.01 Å². The minimum Gasteiger partial charge on any atom is -0.456 e. The van der Waals surface area contributed by atoms with E-state index in [-0.39, 0.29) is 11.9 Å². The molecule has 1 heterocycles. The Morgan fingerprint density at radius 2 is 1.81 bits per heavy atom. The highest BCUT2D eigenvalue weighted by molar-refractivity contribution is 6.42. The zero-order valence-electron chi connectivity index (χ0n) is 13.9. The summed E-state index contributed by atoms with van der Waals surface area (Å²) in [4.78, 5) is 12.2. The van der Waals surface area contributed by atoms with Gasteiger partial charge in [-0.05, 0) is 49.2 Å². The van der Waals surface area contributed by atoms with Crippen LogP contribution in [0.15, 0.2) is 47.6 Å². The number of rotatable bonds is 4. The number of nitrogens with one attached hydrogen (secondary N) is 1. The summed E-state index contributed by atoms with van der Waals surface area (Å²) < 4.78 is 5.69. The maximum Gasteiger partial charge on any atom is 0.257 e. The van der Waals surface area contributed by atoms with Gasteiger partial charge in [0.2, 0.25) is 5.96 Å². The second kappa shape index (κ2) is 8.29. The maximum atomic E-state index is 12.2. The van der Waals surface area contributed by atoms with Gasteiger partial charge in [0.15, 0.2) is 0 Å². The highest BCUT2D eigenvalue weighted by atomic mass is 35.5. The SMILES string of the molecule is N/C(=N\N1CCCC1)NC(=O)c1ccc(Oc2cccc(Cl)c2Cl)cc1. The summed E-state index contributed by atoms with van der Waals surface area (Å²) in [6.45, 7) is 1.71. The quantitative estimate of drug-likeness (QED) is 0.611. The van der Waals surface area contributed by atoms with Crippen LogP contribution in [0.5, 0.6) is 11.5 Å². The lowest BCUT2D eigenvalue weighted by atomic mass is 10.2. The average Bonchev–Trinajstić information content (AvgIpc) is 3.12. The molecular formula is C18H18Cl2N4O2. The van der Waals surface area contributed by atoms with Crippen LogP contribution in [0, 0.1) is 0 Å². The van der Waals surface area contributed by atoms with Gasteiger partial charge in [-0.15, -0.1) is 5.10 Å². The Bertz CT molecular complexity index is 818. The van der Waals surface area contributed by atoms with Gasteiger partial charge >= 0.3 is 0 Å². The molecule has 1 aliphatic heterocycles. The molecule has 0 atom stereocenters. The largest absolute Gasteiger partial charge is 0.456 e. The van der Waals surface area contributed by atoms with Crippen LogP contribution in [0.3, 0.4) is 0 Å². The van der Waals surface area contributed by atoms with E-state index in [0.717, 1.165) is 25.9 Å². The Balaban J connectivity index is 1.63. The van der Waals surface area contributed by atoms with Crippen molar-refractivity contribution in [2.75, 3.05) is 13.1 Å². The van der Waals surface area contributed by atoms with E-state index in [0.29, 0.717) is 27.1 Å². The first kappa shape index (κ1) is 18.4. The number of amides is 1. The number of nitrogens with two attached hydrogens (primary N) is 1. The molecule has 0 aliphatic carbocycles. The van der Waals surface area contributed by atoms with Gasteiger partial charge in [0.1, 0.15) is 16.5 Å². The Morgan fingerprint density at radius 1 is 1.12 bits per heavy atom. The van der Waals surface area contributed by atoms with Crippen molar-refractivity contribution >= 4 is 35.1 Å². The van der Waals surface area contributed by atoms with Gasteiger partial charge in [-0.3, -0.25) is 15.1 Å². The van der Waals surface area contributed by atoms with Crippen molar-refractivity contribution in [3.05, 3.63) is 58.1 Å². The van der Waals surface area contributed by atoms with E-state index >= 15 is 0 Å². The molecule has 1 saturated heterocycles. The lowest BCUT2D eigenvalue weighted by Crippen LogP contribution is -2.38. The van der Waals surface area contributed by atoms with Crippen molar-refractivity contribution in [2.24, 2.45) is 10.8 Å². The lowest BCUT2D eigenvalue weighted by Gasteiger charge is -2.12. The predicted molar refractivity (Wildman–Crippen MR) is 103 cm³/mol. The topological polar surface area (TPSA) is 80.0 Å².